The molecule has 8 heteroatoms. The van der Waals surface area contributed by atoms with Crippen LogP contribution >= 0.6 is 11.5 Å². The summed E-state index contributed by atoms with van der Waals surface area (Å²) < 4.78 is 48.0. The molecule has 0 radical (unpaired) electrons. The van der Waals surface area contributed by atoms with Crippen molar-refractivity contribution in [1.29, 1.82) is 0 Å². The normalized spacial score (nSPS) is 16.3. The molecule has 1 aliphatic carbocycles. The maximum atomic E-state index is 12.9. The van der Waals surface area contributed by atoms with Crippen LogP contribution in [0, 0.1) is 0 Å². The molecule has 1 N–H and O–H groups in total. The molecule has 23 heavy (non-hydrogen) atoms. The van der Waals surface area contributed by atoms with Gasteiger partial charge < -0.3 is 10.1 Å². The van der Waals surface area contributed by atoms with Crippen LogP contribution in [0.4, 0.5) is 18.3 Å². The Morgan fingerprint density at radius 1 is 1.39 bits per heavy atom. The van der Waals surface area contributed by atoms with Crippen LogP contribution in [0.1, 0.15) is 41.8 Å². The van der Waals surface area contributed by atoms with Gasteiger partial charge in [0.1, 0.15) is 5.82 Å². The first kappa shape index (κ1) is 16.2. The first-order chi connectivity index (χ1) is 11.0. The summed E-state index contributed by atoms with van der Waals surface area (Å²) in [5.41, 5.74) is -0.168. The fourth-order valence-corrected chi connectivity index (χ4v) is 2.97. The van der Waals surface area contributed by atoms with Crippen molar-refractivity contribution in [3.05, 3.63) is 41.2 Å². The first-order valence-corrected chi connectivity index (χ1v) is 8.01. The van der Waals surface area contributed by atoms with Gasteiger partial charge in [0, 0.05) is 24.6 Å². The predicted molar refractivity (Wildman–Crippen MR) is 81.6 cm³/mol. The van der Waals surface area contributed by atoms with Crippen molar-refractivity contribution < 1.29 is 17.9 Å². The van der Waals surface area contributed by atoms with Gasteiger partial charge in [-0.3, -0.25) is 0 Å². The summed E-state index contributed by atoms with van der Waals surface area (Å²) in [5.74, 6) is 1.26. The summed E-state index contributed by atoms with van der Waals surface area (Å²) in [6.45, 7) is 0.236. The third kappa shape index (κ3) is 4.00. The van der Waals surface area contributed by atoms with Gasteiger partial charge in [-0.2, -0.15) is 17.5 Å². The summed E-state index contributed by atoms with van der Waals surface area (Å²) in [6.07, 6.45) is -2.16. The fourth-order valence-electron chi connectivity index (χ4n) is 2.27. The van der Waals surface area contributed by atoms with Crippen LogP contribution in [0.5, 0.6) is 0 Å². The first-order valence-electron chi connectivity index (χ1n) is 7.23. The van der Waals surface area contributed by atoms with Crippen LogP contribution in [-0.2, 0) is 10.9 Å². The summed E-state index contributed by atoms with van der Waals surface area (Å²) in [4.78, 5) is 4.41. The van der Waals surface area contributed by atoms with Gasteiger partial charge in [-0.1, -0.05) is 12.1 Å². The number of benzene rings is 1. The molecule has 1 aromatic carbocycles. The molecule has 1 heterocycles. The molecule has 1 unspecified atom stereocenters. The molecule has 0 saturated heterocycles. The SMILES string of the molecule is COCC(Nc1nc(C2CC2)ns1)c1cccc(C(F)(F)F)c1. The molecular weight excluding hydrogens is 327 g/mol. The molecule has 0 spiro atoms. The zero-order valence-corrected chi connectivity index (χ0v) is 13.2. The van der Waals surface area contributed by atoms with E-state index in [2.05, 4.69) is 14.7 Å². The smallest absolute Gasteiger partial charge is 0.382 e. The quantitative estimate of drug-likeness (QED) is 0.852. The molecule has 124 valence electrons. The van der Waals surface area contributed by atoms with Crippen LogP contribution in [0.3, 0.4) is 0 Å². The summed E-state index contributed by atoms with van der Waals surface area (Å²) in [5, 5.41) is 3.73. The summed E-state index contributed by atoms with van der Waals surface area (Å²) in [6, 6.07) is 4.83. The monoisotopic (exact) mass is 343 g/mol. The van der Waals surface area contributed by atoms with Crippen LogP contribution in [-0.4, -0.2) is 23.1 Å². The molecule has 1 fully saturated rings. The van der Waals surface area contributed by atoms with Crippen molar-refractivity contribution in [2.75, 3.05) is 19.0 Å². The van der Waals surface area contributed by atoms with Gasteiger partial charge in [0.25, 0.3) is 0 Å². The van der Waals surface area contributed by atoms with Gasteiger partial charge in [-0.15, -0.1) is 0 Å². The average Bonchev–Trinajstić information content (AvgIpc) is 3.26. The van der Waals surface area contributed by atoms with Crippen molar-refractivity contribution in [2.24, 2.45) is 0 Å². The lowest BCUT2D eigenvalue weighted by Gasteiger charge is -2.19. The van der Waals surface area contributed by atoms with Crippen molar-refractivity contribution in [2.45, 2.75) is 31.0 Å². The van der Waals surface area contributed by atoms with E-state index in [4.69, 9.17) is 4.74 Å². The number of ether oxygens (including phenoxy) is 1. The number of aromatic nitrogens is 2. The number of alkyl halides is 3. The van der Waals surface area contributed by atoms with Crippen LogP contribution < -0.4 is 5.32 Å². The Morgan fingerprint density at radius 2 is 2.17 bits per heavy atom. The number of halogens is 3. The lowest BCUT2D eigenvalue weighted by atomic mass is 10.0. The van der Waals surface area contributed by atoms with Gasteiger partial charge in [-0.05, 0) is 30.5 Å². The Morgan fingerprint density at radius 3 is 2.83 bits per heavy atom. The molecule has 1 aromatic heterocycles. The van der Waals surface area contributed by atoms with Gasteiger partial charge in [0.2, 0.25) is 5.13 Å². The Hall–Kier alpha value is -1.67. The minimum absolute atomic E-state index is 0.236. The van der Waals surface area contributed by atoms with E-state index in [1.807, 2.05) is 0 Å². The van der Waals surface area contributed by atoms with Gasteiger partial charge in [0.15, 0.2) is 0 Å². The van der Waals surface area contributed by atoms with Gasteiger partial charge >= 0.3 is 6.18 Å². The molecule has 0 amide bonds. The second kappa shape index (κ2) is 6.45. The van der Waals surface area contributed by atoms with Crippen molar-refractivity contribution in [1.82, 2.24) is 9.36 Å². The third-order valence-electron chi connectivity index (χ3n) is 3.63. The molecule has 1 saturated carbocycles. The topological polar surface area (TPSA) is 47.0 Å². The third-order valence-corrected chi connectivity index (χ3v) is 4.29. The Kier molecular flexibility index (Phi) is 4.54. The highest BCUT2D eigenvalue weighted by Crippen LogP contribution is 2.39. The molecule has 3 rings (SSSR count). The van der Waals surface area contributed by atoms with Gasteiger partial charge in [0.05, 0.1) is 18.2 Å². The highest BCUT2D eigenvalue weighted by atomic mass is 32.1. The second-order valence-electron chi connectivity index (χ2n) is 5.51. The van der Waals surface area contributed by atoms with Crippen LogP contribution in [0.25, 0.3) is 0 Å². The van der Waals surface area contributed by atoms with Crippen molar-refractivity contribution >= 4 is 16.7 Å². The lowest BCUT2D eigenvalue weighted by Crippen LogP contribution is -2.17. The van der Waals surface area contributed by atoms with E-state index in [0.29, 0.717) is 16.6 Å². The van der Waals surface area contributed by atoms with E-state index in [1.165, 1.54) is 24.7 Å². The zero-order chi connectivity index (χ0) is 16.4. The maximum Gasteiger partial charge on any atom is 0.416 e. The second-order valence-corrected chi connectivity index (χ2v) is 6.26. The van der Waals surface area contributed by atoms with E-state index in [9.17, 15) is 13.2 Å². The number of nitrogens with one attached hydrogen (secondary N) is 1. The molecule has 0 aliphatic heterocycles. The van der Waals surface area contributed by atoms with E-state index in [-0.39, 0.29) is 6.61 Å². The van der Waals surface area contributed by atoms with Gasteiger partial charge in [-0.25, -0.2) is 4.98 Å². The highest BCUT2D eigenvalue weighted by Gasteiger charge is 2.31. The number of hydrogen-bond donors (Lipinski definition) is 1. The standard InChI is InChI=1S/C15H16F3N3OS/c1-22-8-12(10-3-2-4-11(7-10)15(16,17)18)19-14-20-13(21-23-14)9-5-6-9/h2-4,7,9,12H,5-6,8H2,1H3,(H,19,20,21). The molecule has 4 nitrogen and oxygen atoms in total. The minimum Gasteiger partial charge on any atom is -0.382 e. The Bertz CT molecular complexity index is 670. The summed E-state index contributed by atoms with van der Waals surface area (Å²) in [7, 11) is 1.51. The molecular formula is C15H16F3N3OS. The Balaban J connectivity index is 1.79. The fraction of sp³-hybridized carbons (Fsp3) is 0.467. The molecule has 1 aliphatic rings. The molecule has 1 atom stereocenters. The lowest BCUT2D eigenvalue weighted by molar-refractivity contribution is -0.137. The van der Waals surface area contributed by atoms with Crippen LogP contribution in [0.2, 0.25) is 0 Å². The predicted octanol–water partition coefficient (Wildman–Crippen LogP) is 4.23. The molecule has 0 bridgehead atoms. The Labute approximate surface area is 135 Å². The number of nitrogens with zero attached hydrogens (tertiary/aromatic N) is 2. The van der Waals surface area contributed by atoms with Crippen LogP contribution in [0.15, 0.2) is 24.3 Å². The number of anilines is 1. The number of rotatable bonds is 6. The molecule has 2 aromatic rings. The average molecular weight is 343 g/mol. The van der Waals surface area contributed by atoms with E-state index >= 15 is 0 Å². The maximum absolute atomic E-state index is 12.9. The van der Waals surface area contributed by atoms with E-state index < -0.39 is 17.8 Å². The largest absolute Gasteiger partial charge is 0.416 e. The minimum atomic E-state index is -4.37. The number of methoxy groups -OCH3 is 1. The van der Waals surface area contributed by atoms with E-state index in [1.54, 1.807) is 6.07 Å². The highest BCUT2D eigenvalue weighted by molar-refractivity contribution is 7.09. The zero-order valence-electron chi connectivity index (χ0n) is 12.4. The van der Waals surface area contributed by atoms with Crippen molar-refractivity contribution in [3.63, 3.8) is 0 Å². The van der Waals surface area contributed by atoms with Crippen molar-refractivity contribution in [3.8, 4) is 0 Å². The van der Waals surface area contributed by atoms with E-state index in [0.717, 1.165) is 30.8 Å². The number of hydrogen-bond acceptors (Lipinski definition) is 5. The summed E-state index contributed by atoms with van der Waals surface area (Å²) >= 11 is 1.23.